The second-order valence-corrected chi connectivity index (χ2v) is 7.13. The average Bonchev–Trinajstić information content (AvgIpc) is 3.44. The van der Waals surface area contributed by atoms with Crippen molar-refractivity contribution >= 4 is 22.6 Å². The number of amides is 1. The lowest BCUT2D eigenvalue weighted by atomic mass is 10.2. The molecule has 0 saturated heterocycles. The SMILES string of the molecule is COc1cccc(-n2nnc(C(=O)Nc3ccccc3-n3ncc4c(=O)[nH]cnc43)c2C)c1. The van der Waals surface area contributed by atoms with Gasteiger partial charge in [0.25, 0.3) is 11.5 Å². The van der Waals surface area contributed by atoms with E-state index in [1.54, 1.807) is 49.0 Å². The van der Waals surface area contributed by atoms with Crippen molar-refractivity contribution in [2.75, 3.05) is 12.4 Å². The Bertz CT molecular complexity index is 1550. The third-order valence-electron chi connectivity index (χ3n) is 5.16. The highest BCUT2D eigenvalue weighted by atomic mass is 16.5. The Labute approximate surface area is 186 Å². The molecular formula is C22H18N8O3. The van der Waals surface area contributed by atoms with Crippen molar-refractivity contribution in [3.8, 4) is 17.1 Å². The average molecular weight is 442 g/mol. The first kappa shape index (κ1) is 20.1. The number of anilines is 1. The molecule has 3 heterocycles. The second kappa shape index (κ2) is 8.04. The molecular weight excluding hydrogens is 424 g/mol. The van der Waals surface area contributed by atoms with E-state index in [-0.39, 0.29) is 11.3 Å². The lowest BCUT2D eigenvalue weighted by Gasteiger charge is -2.11. The number of H-pyrrole nitrogens is 1. The van der Waals surface area contributed by atoms with Crippen LogP contribution < -0.4 is 15.6 Å². The van der Waals surface area contributed by atoms with Crippen LogP contribution in [0, 0.1) is 6.92 Å². The zero-order chi connectivity index (χ0) is 22.9. The van der Waals surface area contributed by atoms with Crippen molar-refractivity contribution in [3.05, 3.63) is 82.8 Å². The van der Waals surface area contributed by atoms with Gasteiger partial charge >= 0.3 is 0 Å². The van der Waals surface area contributed by atoms with Gasteiger partial charge in [0.15, 0.2) is 11.3 Å². The molecule has 11 heteroatoms. The molecule has 5 rings (SSSR count). The van der Waals surface area contributed by atoms with E-state index in [2.05, 4.69) is 30.7 Å². The van der Waals surface area contributed by atoms with Crippen molar-refractivity contribution in [3.63, 3.8) is 0 Å². The fraction of sp³-hybridized carbons (Fsp3) is 0.0909. The first-order chi connectivity index (χ1) is 16.1. The quantitative estimate of drug-likeness (QED) is 0.427. The van der Waals surface area contributed by atoms with E-state index in [0.717, 1.165) is 5.69 Å². The summed E-state index contributed by atoms with van der Waals surface area (Å²) in [6.07, 6.45) is 2.74. The minimum atomic E-state index is -0.434. The number of para-hydroxylation sites is 2. The number of ether oxygens (including phenoxy) is 1. The minimum absolute atomic E-state index is 0.174. The number of carbonyl (C=O) groups is 1. The molecule has 0 unspecified atom stereocenters. The number of nitrogens with zero attached hydrogens (tertiary/aromatic N) is 6. The van der Waals surface area contributed by atoms with Crippen LogP contribution in [0.25, 0.3) is 22.4 Å². The second-order valence-electron chi connectivity index (χ2n) is 7.13. The number of hydrogen-bond donors (Lipinski definition) is 2. The van der Waals surface area contributed by atoms with E-state index in [1.165, 1.54) is 17.2 Å². The molecule has 2 N–H and O–H groups in total. The highest BCUT2D eigenvalue weighted by Crippen LogP contribution is 2.24. The van der Waals surface area contributed by atoms with E-state index in [4.69, 9.17) is 4.74 Å². The standard InChI is InChI=1S/C22H18N8O3/c1-13-19(27-28-29(13)14-6-5-7-15(10-14)33-2)22(32)26-17-8-3-4-9-18(17)30-20-16(11-25-30)21(31)24-12-23-20/h3-12H,1-2H3,(H,26,32)(H,23,24,31). The molecule has 164 valence electrons. The van der Waals surface area contributed by atoms with Crippen molar-refractivity contribution in [2.45, 2.75) is 6.92 Å². The van der Waals surface area contributed by atoms with Gasteiger partial charge in [-0.1, -0.05) is 23.4 Å². The van der Waals surface area contributed by atoms with E-state index in [1.807, 2.05) is 18.2 Å². The van der Waals surface area contributed by atoms with Crippen molar-refractivity contribution in [1.29, 1.82) is 0 Å². The third-order valence-corrected chi connectivity index (χ3v) is 5.16. The number of nitrogens with one attached hydrogen (secondary N) is 2. The molecule has 11 nitrogen and oxygen atoms in total. The molecule has 0 saturated carbocycles. The first-order valence-corrected chi connectivity index (χ1v) is 9.95. The molecule has 0 spiro atoms. The molecule has 5 aromatic rings. The lowest BCUT2D eigenvalue weighted by Crippen LogP contribution is -2.16. The zero-order valence-electron chi connectivity index (χ0n) is 17.7. The summed E-state index contributed by atoms with van der Waals surface area (Å²) in [6, 6.07) is 14.4. The van der Waals surface area contributed by atoms with Gasteiger partial charge in [-0.25, -0.2) is 14.3 Å². The summed E-state index contributed by atoms with van der Waals surface area (Å²) in [6.45, 7) is 1.76. The normalized spacial score (nSPS) is 11.0. The Hall–Kier alpha value is -4.80. The fourth-order valence-electron chi connectivity index (χ4n) is 3.50. The van der Waals surface area contributed by atoms with Gasteiger partial charge in [0, 0.05) is 6.07 Å². The monoisotopic (exact) mass is 442 g/mol. The number of aromatic amines is 1. The molecule has 0 bridgehead atoms. The Balaban J connectivity index is 1.49. The molecule has 0 fully saturated rings. The van der Waals surface area contributed by atoms with Gasteiger partial charge in [-0.05, 0) is 31.2 Å². The predicted octanol–water partition coefficient (Wildman–Crippen LogP) is 2.26. The minimum Gasteiger partial charge on any atom is -0.497 e. The van der Waals surface area contributed by atoms with E-state index < -0.39 is 5.91 Å². The number of benzene rings is 2. The Morgan fingerprint density at radius 3 is 2.82 bits per heavy atom. The molecule has 2 aromatic carbocycles. The van der Waals surface area contributed by atoms with Crippen molar-refractivity contribution in [2.24, 2.45) is 0 Å². The molecule has 0 atom stereocenters. The number of fused-ring (bicyclic) bond motifs is 1. The maximum Gasteiger partial charge on any atom is 0.278 e. The van der Waals surface area contributed by atoms with Crippen LogP contribution in [-0.2, 0) is 0 Å². The van der Waals surface area contributed by atoms with Gasteiger partial charge in [-0.2, -0.15) is 5.10 Å². The summed E-state index contributed by atoms with van der Waals surface area (Å²) in [5, 5.41) is 15.7. The Kier molecular flexibility index (Phi) is 4.90. The summed E-state index contributed by atoms with van der Waals surface area (Å²) in [5.41, 5.74) is 2.57. The molecule has 3 aromatic heterocycles. The van der Waals surface area contributed by atoms with Gasteiger partial charge in [-0.3, -0.25) is 9.59 Å². The van der Waals surface area contributed by atoms with Gasteiger partial charge < -0.3 is 15.0 Å². The molecule has 1 amide bonds. The number of carbonyl (C=O) groups excluding carboxylic acids is 1. The van der Waals surface area contributed by atoms with E-state index in [9.17, 15) is 9.59 Å². The summed E-state index contributed by atoms with van der Waals surface area (Å²) in [7, 11) is 1.58. The van der Waals surface area contributed by atoms with Crippen LogP contribution in [0.4, 0.5) is 5.69 Å². The van der Waals surface area contributed by atoms with Crippen LogP contribution in [0.2, 0.25) is 0 Å². The number of hydrogen-bond acceptors (Lipinski definition) is 7. The number of aromatic nitrogens is 7. The third kappa shape index (κ3) is 3.51. The van der Waals surface area contributed by atoms with Crippen LogP contribution in [0.1, 0.15) is 16.2 Å². The van der Waals surface area contributed by atoms with E-state index in [0.29, 0.717) is 33.9 Å². The molecule has 0 radical (unpaired) electrons. The molecule has 0 aliphatic heterocycles. The highest BCUT2D eigenvalue weighted by Gasteiger charge is 2.20. The molecule has 33 heavy (non-hydrogen) atoms. The van der Waals surface area contributed by atoms with Crippen molar-refractivity contribution < 1.29 is 9.53 Å². The topological polar surface area (TPSA) is 133 Å². The lowest BCUT2D eigenvalue weighted by molar-refractivity contribution is 0.102. The van der Waals surface area contributed by atoms with Crippen LogP contribution in [-0.4, -0.2) is 47.8 Å². The highest BCUT2D eigenvalue weighted by molar-refractivity contribution is 6.04. The summed E-state index contributed by atoms with van der Waals surface area (Å²) < 4.78 is 8.33. The maximum absolute atomic E-state index is 13.1. The maximum atomic E-state index is 13.1. The largest absolute Gasteiger partial charge is 0.497 e. The van der Waals surface area contributed by atoms with Gasteiger partial charge in [0.05, 0.1) is 42.4 Å². The zero-order valence-corrected chi connectivity index (χ0v) is 17.7. The molecule has 0 aliphatic carbocycles. The Morgan fingerprint density at radius 2 is 1.97 bits per heavy atom. The van der Waals surface area contributed by atoms with Crippen LogP contribution in [0.3, 0.4) is 0 Å². The summed E-state index contributed by atoms with van der Waals surface area (Å²) in [5.74, 6) is 0.234. The number of methoxy groups -OCH3 is 1. The first-order valence-electron chi connectivity index (χ1n) is 9.95. The fourth-order valence-corrected chi connectivity index (χ4v) is 3.50. The summed E-state index contributed by atoms with van der Waals surface area (Å²) >= 11 is 0. The number of rotatable bonds is 5. The van der Waals surface area contributed by atoms with Gasteiger partial charge in [-0.15, -0.1) is 5.10 Å². The van der Waals surface area contributed by atoms with Crippen LogP contribution in [0.5, 0.6) is 5.75 Å². The predicted molar refractivity (Wildman–Crippen MR) is 120 cm³/mol. The molecule has 0 aliphatic rings. The van der Waals surface area contributed by atoms with Gasteiger partial charge in [0.1, 0.15) is 11.1 Å². The van der Waals surface area contributed by atoms with Crippen LogP contribution >= 0.6 is 0 Å². The van der Waals surface area contributed by atoms with Gasteiger partial charge in [0.2, 0.25) is 0 Å². The summed E-state index contributed by atoms with van der Waals surface area (Å²) in [4.78, 5) is 31.9. The van der Waals surface area contributed by atoms with E-state index >= 15 is 0 Å². The van der Waals surface area contributed by atoms with Crippen molar-refractivity contribution in [1.82, 2.24) is 34.7 Å². The Morgan fingerprint density at radius 1 is 1.12 bits per heavy atom. The smallest absolute Gasteiger partial charge is 0.278 e. The van der Waals surface area contributed by atoms with Crippen LogP contribution in [0.15, 0.2) is 65.8 Å².